The van der Waals surface area contributed by atoms with Crippen LogP contribution in [0.25, 0.3) is 0 Å². The van der Waals surface area contributed by atoms with Crippen molar-refractivity contribution < 1.29 is 9.59 Å². The van der Waals surface area contributed by atoms with Gasteiger partial charge in [-0.05, 0) is 28.1 Å². The molecular weight excluding hydrogens is 248 g/mol. The lowest BCUT2D eigenvalue weighted by Crippen LogP contribution is -2.28. The first-order valence-corrected chi connectivity index (χ1v) is 4.95. The number of hydrogen-bond donors (Lipinski definition) is 0. The zero-order valence-electron chi connectivity index (χ0n) is 7.24. The first-order valence-electron chi connectivity index (χ1n) is 4.16. The molecule has 0 bridgehead atoms. The standard InChI is InChI=1S/C9H7BrN2O2/c10-7-5-6(3-4-11-7)12-8(13)1-2-9(12)14/h3-5H,1-2H2. The van der Waals surface area contributed by atoms with E-state index in [2.05, 4.69) is 20.9 Å². The first kappa shape index (κ1) is 9.33. The Morgan fingerprint density at radius 3 is 2.50 bits per heavy atom. The fourth-order valence-electron chi connectivity index (χ4n) is 1.40. The minimum atomic E-state index is -0.145. The molecule has 4 nitrogen and oxygen atoms in total. The van der Waals surface area contributed by atoms with E-state index in [1.54, 1.807) is 18.3 Å². The van der Waals surface area contributed by atoms with Crippen LogP contribution in [0.15, 0.2) is 22.9 Å². The van der Waals surface area contributed by atoms with Gasteiger partial charge in [-0.25, -0.2) is 4.98 Å². The van der Waals surface area contributed by atoms with Crippen LogP contribution in [0, 0.1) is 0 Å². The smallest absolute Gasteiger partial charge is 0.234 e. The third-order valence-electron chi connectivity index (χ3n) is 2.02. The zero-order chi connectivity index (χ0) is 10.1. The molecule has 5 heteroatoms. The van der Waals surface area contributed by atoms with E-state index in [9.17, 15) is 9.59 Å². The van der Waals surface area contributed by atoms with Crippen molar-refractivity contribution in [1.82, 2.24) is 4.98 Å². The van der Waals surface area contributed by atoms with Crippen LogP contribution >= 0.6 is 15.9 Å². The SMILES string of the molecule is O=C1CCC(=O)N1c1ccnc(Br)c1. The first-order chi connectivity index (χ1) is 6.68. The lowest BCUT2D eigenvalue weighted by Gasteiger charge is -2.13. The Kier molecular flexibility index (Phi) is 2.33. The highest BCUT2D eigenvalue weighted by Gasteiger charge is 2.30. The lowest BCUT2D eigenvalue weighted by atomic mass is 10.3. The molecule has 2 amide bonds. The number of nitrogens with zero attached hydrogens (tertiary/aromatic N) is 2. The highest BCUT2D eigenvalue weighted by Crippen LogP contribution is 2.23. The highest BCUT2D eigenvalue weighted by molar-refractivity contribution is 9.10. The van der Waals surface area contributed by atoms with Crippen LogP contribution in [-0.2, 0) is 9.59 Å². The second-order valence-electron chi connectivity index (χ2n) is 2.96. The maximum absolute atomic E-state index is 11.4. The average molecular weight is 255 g/mol. The Morgan fingerprint density at radius 1 is 1.29 bits per heavy atom. The molecule has 1 aromatic heterocycles. The molecule has 0 aromatic carbocycles. The number of hydrogen-bond acceptors (Lipinski definition) is 3. The summed E-state index contributed by atoms with van der Waals surface area (Å²) in [5.41, 5.74) is 0.583. The second-order valence-corrected chi connectivity index (χ2v) is 3.77. The van der Waals surface area contributed by atoms with Gasteiger partial charge in [-0.3, -0.25) is 14.5 Å². The van der Waals surface area contributed by atoms with Gasteiger partial charge in [0.25, 0.3) is 0 Å². The average Bonchev–Trinajstić information content (AvgIpc) is 2.46. The van der Waals surface area contributed by atoms with Crippen molar-refractivity contribution in [2.75, 3.05) is 4.90 Å². The Morgan fingerprint density at radius 2 is 1.93 bits per heavy atom. The molecule has 0 spiro atoms. The quantitative estimate of drug-likeness (QED) is 0.564. The van der Waals surface area contributed by atoms with Gasteiger partial charge < -0.3 is 0 Å². The minimum absolute atomic E-state index is 0.145. The number of amides is 2. The van der Waals surface area contributed by atoms with E-state index in [1.807, 2.05) is 0 Å². The number of anilines is 1. The number of rotatable bonds is 1. The molecule has 1 aliphatic rings. The zero-order valence-corrected chi connectivity index (χ0v) is 8.82. The summed E-state index contributed by atoms with van der Waals surface area (Å²) in [7, 11) is 0. The number of pyridine rings is 1. The van der Waals surface area contributed by atoms with Gasteiger partial charge in [0.2, 0.25) is 11.8 Å². The van der Waals surface area contributed by atoms with Crippen LogP contribution in [0.5, 0.6) is 0 Å². The van der Waals surface area contributed by atoms with Crippen molar-refractivity contribution in [2.45, 2.75) is 12.8 Å². The Labute approximate surface area is 89.1 Å². The van der Waals surface area contributed by atoms with Gasteiger partial charge >= 0.3 is 0 Å². The van der Waals surface area contributed by atoms with Crippen molar-refractivity contribution >= 4 is 33.4 Å². The fourth-order valence-corrected chi connectivity index (χ4v) is 1.75. The van der Waals surface area contributed by atoms with E-state index in [0.29, 0.717) is 23.1 Å². The molecule has 0 saturated carbocycles. The maximum atomic E-state index is 11.4. The summed E-state index contributed by atoms with van der Waals surface area (Å²) < 4.78 is 0.613. The minimum Gasteiger partial charge on any atom is -0.274 e. The van der Waals surface area contributed by atoms with Crippen LogP contribution in [0.2, 0.25) is 0 Å². The van der Waals surface area contributed by atoms with Gasteiger partial charge in [-0.15, -0.1) is 0 Å². The van der Waals surface area contributed by atoms with Crippen molar-refractivity contribution in [3.05, 3.63) is 22.9 Å². The van der Waals surface area contributed by atoms with E-state index < -0.39 is 0 Å². The second kappa shape index (κ2) is 3.49. The molecule has 0 radical (unpaired) electrons. The molecule has 0 aliphatic carbocycles. The molecule has 1 aliphatic heterocycles. The van der Waals surface area contributed by atoms with Crippen molar-refractivity contribution in [3.8, 4) is 0 Å². The van der Waals surface area contributed by atoms with Gasteiger partial charge in [0.1, 0.15) is 4.60 Å². The third-order valence-corrected chi connectivity index (χ3v) is 2.45. The predicted octanol–water partition coefficient (Wildman–Crippen LogP) is 1.50. The fraction of sp³-hybridized carbons (Fsp3) is 0.222. The van der Waals surface area contributed by atoms with E-state index >= 15 is 0 Å². The number of aromatic nitrogens is 1. The summed E-state index contributed by atoms with van der Waals surface area (Å²) in [6, 6.07) is 3.30. The summed E-state index contributed by atoms with van der Waals surface area (Å²) in [6.45, 7) is 0. The lowest BCUT2D eigenvalue weighted by molar-refractivity contribution is -0.121. The number of imide groups is 1. The van der Waals surface area contributed by atoms with E-state index in [-0.39, 0.29) is 11.8 Å². The molecule has 0 unspecified atom stereocenters. The molecule has 1 aromatic rings. The number of halogens is 1. The molecule has 0 atom stereocenters. The molecule has 2 heterocycles. The molecule has 0 N–H and O–H groups in total. The molecule has 2 rings (SSSR count). The summed E-state index contributed by atoms with van der Waals surface area (Å²) >= 11 is 3.19. The van der Waals surface area contributed by atoms with Crippen LogP contribution in [0.4, 0.5) is 5.69 Å². The maximum Gasteiger partial charge on any atom is 0.234 e. The normalized spacial score (nSPS) is 16.5. The van der Waals surface area contributed by atoms with Crippen molar-refractivity contribution in [1.29, 1.82) is 0 Å². The van der Waals surface area contributed by atoms with Crippen LogP contribution < -0.4 is 4.90 Å². The van der Waals surface area contributed by atoms with Gasteiger partial charge in [0.15, 0.2) is 0 Å². The summed E-state index contributed by atoms with van der Waals surface area (Å²) in [4.78, 5) is 27.9. The molecule has 72 valence electrons. The predicted molar refractivity (Wildman–Crippen MR) is 53.7 cm³/mol. The van der Waals surface area contributed by atoms with Crippen LogP contribution in [0.3, 0.4) is 0 Å². The van der Waals surface area contributed by atoms with Gasteiger partial charge in [-0.1, -0.05) is 0 Å². The summed E-state index contributed by atoms with van der Waals surface area (Å²) in [5, 5.41) is 0. The Hall–Kier alpha value is -1.23. The van der Waals surface area contributed by atoms with Crippen LogP contribution in [0.1, 0.15) is 12.8 Å². The van der Waals surface area contributed by atoms with E-state index in [1.165, 1.54) is 4.90 Å². The Balaban J connectivity index is 2.39. The molecule has 14 heavy (non-hydrogen) atoms. The molecule has 1 saturated heterocycles. The summed E-state index contributed by atoms with van der Waals surface area (Å²) in [5.74, 6) is -0.291. The molecular formula is C9H7BrN2O2. The topological polar surface area (TPSA) is 50.3 Å². The highest BCUT2D eigenvalue weighted by atomic mass is 79.9. The van der Waals surface area contributed by atoms with Gasteiger partial charge in [0.05, 0.1) is 5.69 Å². The van der Waals surface area contributed by atoms with E-state index in [0.717, 1.165) is 0 Å². The monoisotopic (exact) mass is 254 g/mol. The summed E-state index contributed by atoms with van der Waals surface area (Å²) in [6.07, 6.45) is 2.16. The number of carbonyl (C=O) groups excluding carboxylic acids is 2. The van der Waals surface area contributed by atoms with Crippen molar-refractivity contribution in [3.63, 3.8) is 0 Å². The molecule has 1 fully saturated rings. The van der Waals surface area contributed by atoms with Gasteiger partial charge in [0, 0.05) is 19.0 Å². The largest absolute Gasteiger partial charge is 0.274 e. The Bertz CT molecular complexity index is 390. The van der Waals surface area contributed by atoms with Crippen molar-refractivity contribution in [2.24, 2.45) is 0 Å². The van der Waals surface area contributed by atoms with E-state index in [4.69, 9.17) is 0 Å². The third kappa shape index (κ3) is 1.55. The van der Waals surface area contributed by atoms with Gasteiger partial charge in [-0.2, -0.15) is 0 Å². The van der Waals surface area contributed by atoms with Crippen LogP contribution in [-0.4, -0.2) is 16.8 Å². The number of carbonyl (C=O) groups is 2.